The number of anilines is 1. The maximum atomic E-state index is 13.3. The fraction of sp³-hybridized carbons (Fsp3) is 0.172. The molecule has 1 aliphatic heterocycles. The molecule has 9 heteroatoms. The number of carbonyl (C=O) groups is 2. The van der Waals surface area contributed by atoms with Crippen molar-refractivity contribution in [2.45, 2.75) is 32.9 Å². The van der Waals surface area contributed by atoms with Crippen molar-refractivity contribution in [2.24, 2.45) is 5.73 Å². The summed E-state index contributed by atoms with van der Waals surface area (Å²) < 4.78 is 0. The smallest absolute Gasteiger partial charge is 0.271 e. The van der Waals surface area contributed by atoms with Gasteiger partial charge in [-0.15, -0.1) is 10.2 Å². The number of aromatic nitrogens is 3. The predicted molar refractivity (Wildman–Crippen MR) is 147 cm³/mol. The van der Waals surface area contributed by atoms with Gasteiger partial charge in [0.05, 0.1) is 17.7 Å². The maximum Gasteiger partial charge on any atom is 0.271 e. The van der Waals surface area contributed by atoms with Gasteiger partial charge in [-0.2, -0.15) is 0 Å². The first-order chi connectivity index (χ1) is 18.0. The molecule has 1 aliphatic rings. The van der Waals surface area contributed by atoms with Gasteiger partial charge in [0, 0.05) is 38.1 Å². The fourth-order valence-corrected chi connectivity index (χ4v) is 5.37. The Hall–Kier alpha value is -4.27. The number of fused-ring (bicyclic) bond motifs is 4. The van der Waals surface area contributed by atoms with Gasteiger partial charge in [0.1, 0.15) is 5.69 Å². The lowest BCUT2D eigenvalue weighted by molar-refractivity contribution is 0.0787. The first-order valence-corrected chi connectivity index (χ1v) is 12.5. The summed E-state index contributed by atoms with van der Waals surface area (Å²) in [6, 6.07) is 16.6. The summed E-state index contributed by atoms with van der Waals surface area (Å²) in [6.07, 6.45) is 0. The van der Waals surface area contributed by atoms with Gasteiger partial charge in [-0.3, -0.25) is 9.59 Å². The van der Waals surface area contributed by atoms with Crippen LogP contribution < -0.4 is 10.6 Å². The Bertz CT molecular complexity index is 1820. The van der Waals surface area contributed by atoms with Crippen molar-refractivity contribution in [1.29, 1.82) is 0 Å². The number of hydrogen-bond acceptors (Lipinski definition) is 5. The van der Waals surface area contributed by atoms with Gasteiger partial charge in [-0.1, -0.05) is 41.9 Å². The van der Waals surface area contributed by atoms with Crippen LogP contribution in [-0.2, 0) is 12.1 Å². The van der Waals surface area contributed by atoms with E-state index in [0.717, 1.165) is 27.8 Å². The van der Waals surface area contributed by atoms with E-state index < -0.39 is 11.5 Å². The Labute approximate surface area is 223 Å². The summed E-state index contributed by atoms with van der Waals surface area (Å²) in [5.74, 6) is -0.817. The molecule has 0 aliphatic carbocycles. The van der Waals surface area contributed by atoms with Crippen molar-refractivity contribution in [3.8, 4) is 11.3 Å². The molecule has 3 aromatic carbocycles. The second kappa shape index (κ2) is 8.37. The Morgan fingerprint density at radius 3 is 2.63 bits per heavy atom. The van der Waals surface area contributed by atoms with E-state index in [2.05, 4.69) is 15.2 Å². The summed E-state index contributed by atoms with van der Waals surface area (Å²) in [7, 11) is 0. The second-order valence-electron chi connectivity index (χ2n) is 10.1. The Morgan fingerprint density at radius 1 is 1.11 bits per heavy atom. The van der Waals surface area contributed by atoms with Crippen LogP contribution >= 0.6 is 11.6 Å². The molecule has 2 aromatic heterocycles. The van der Waals surface area contributed by atoms with Gasteiger partial charge in [0.2, 0.25) is 0 Å². The Balaban J connectivity index is 1.56. The van der Waals surface area contributed by atoms with Crippen LogP contribution in [0.3, 0.4) is 0 Å². The highest BCUT2D eigenvalue weighted by Crippen LogP contribution is 2.40. The van der Waals surface area contributed by atoms with Crippen LogP contribution in [0.4, 0.5) is 5.69 Å². The fourth-order valence-electron chi connectivity index (χ4n) is 5.20. The molecule has 2 amide bonds. The molecule has 0 atom stereocenters. The van der Waals surface area contributed by atoms with Crippen molar-refractivity contribution in [3.63, 3.8) is 0 Å². The molecule has 3 heterocycles. The molecule has 0 bridgehead atoms. The van der Waals surface area contributed by atoms with E-state index in [0.29, 0.717) is 44.8 Å². The molecule has 8 nitrogen and oxygen atoms in total. The minimum Gasteiger partial charge on any atom is -0.386 e. The van der Waals surface area contributed by atoms with Gasteiger partial charge >= 0.3 is 0 Å². The topological polar surface area (TPSA) is 125 Å². The Kier molecular flexibility index (Phi) is 5.31. The van der Waals surface area contributed by atoms with Crippen molar-refractivity contribution >= 4 is 50.9 Å². The lowest BCUT2D eigenvalue weighted by atomic mass is 9.95. The number of H-pyrrole nitrogens is 1. The van der Waals surface area contributed by atoms with Gasteiger partial charge in [0.15, 0.2) is 5.69 Å². The minimum absolute atomic E-state index is 0.0283. The monoisotopic (exact) mass is 525 g/mol. The average Bonchev–Trinajstić information content (AvgIpc) is 3.40. The molecule has 38 heavy (non-hydrogen) atoms. The average molecular weight is 526 g/mol. The summed E-state index contributed by atoms with van der Waals surface area (Å²) in [5, 5.41) is 21.2. The first-order valence-electron chi connectivity index (χ1n) is 12.1. The van der Waals surface area contributed by atoms with Gasteiger partial charge in [-0.25, -0.2) is 0 Å². The molecule has 5 aromatic rings. The number of halogens is 1. The SMILES string of the molecule is Cc1c(-c2nnc(C(N)=O)c3[nH]c4cc(C(C)(C)O)ccc4c23)cccc1N1Cc2ccc(Cl)cc2C1=O. The standard InChI is InChI=1S/C29H24ClN5O3/c1-14-18(5-4-6-22(14)35-13-15-7-9-17(30)12-20(15)28(35)37)24-23-19-10-8-16(29(2,3)38)11-21(19)32-25(23)26(27(31)36)34-33-24/h4-12,32,38H,13H2,1-3H3,(H2,31,36). The number of carbonyl (C=O) groups excluding carboxylic acids is 2. The molecule has 0 spiro atoms. The normalized spacial score (nSPS) is 13.5. The van der Waals surface area contributed by atoms with Crippen molar-refractivity contribution < 1.29 is 14.7 Å². The number of nitrogens with zero attached hydrogens (tertiary/aromatic N) is 3. The van der Waals surface area contributed by atoms with Gasteiger partial charge in [0.25, 0.3) is 11.8 Å². The number of rotatable bonds is 4. The number of primary amides is 1. The molecule has 0 unspecified atom stereocenters. The van der Waals surface area contributed by atoms with E-state index in [-0.39, 0.29) is 11.6 Å². The summed E-state index contributed by atoms with van der Waals surface area (Å²) in [6.45, 7) is 5.79. The Morgan fingerprint density at radius 2 is 1.89 bits per heavy atom. The molecular weight excluding hydrogens is 502 g/mol. The van der Waals surface area contributed by atoms with Gasteiger partial charge < -0.3 is 20.7 Å². The van der Waals surface area contributed by atoms with Crippen LogP contribution in [0.25, 0.3) is 33.1 Å². The van der Waals surface area contributed by atoms with E-state index in [4.69, 9.17) is 17.3 Å². The third-order valence-corrected chi connectivity index (χ3v) is 7.42. The molecule has 0 fully saturated rings. The van der Waals surface area contributed by atoms with E-state index in [1.165, 1.54) is 0 Å². The third kappa shape index (κ3) is 3.64. The number of aliphatic hydroxyl groups is 1. The highest BCUT2D eigenvalue weighted by Gasteiger charge is 2.31. The lowest BCUT2D eigenvalue weighted by Gasteiger charge is -2.20. The maximum absolute atomic E-state index is 13.3. The molecule has 0 saturated heterocycles. The molecule has 4 N–H and O–H groups in total. The van der Waals surface area contributed by atoms with Gasteiger partial charge in [-0.05, 0) is 61.7 Å². The van der Waals surface area contributed by atoms with Crippen LogP contribution in [0.5, 0.6) is 0 Å². The molecule has 190 valence electrons. The third-order valence-electron chi connectivity index (χ3n) is 7.19. The van der Waals surface area contributed by atoms with E-state index in [9.17, 15) is 14.7 Å². The zero-order valence-electron chi connectivity index (χ0n) is 21.0. The van der Waals surface area contributed by atoms with Crippen LogP contribution in [-0.4, -0.2) is 32.1 Å². The molecule has 6 rings (SSSR count). The van der Waals surface area contributed by atoms with E-state index in [1.54, 1.807) is 30.9 Å². The summed E-state index contributed by atoms with van der Waals surface area (Å²) >= 11 is 6.15. The number of aromatic amines is 1. The number of benzene rings is 3. The number of nitrogens with one attached hydrogen (secondary N) is 1. The zero-order chi connectivity index (χ0) is 26.9. The zero-order valence-corrected chi connectivity index (χ0v) is 21.7. The number of amides is 2. The van der Waals surface area contributed by atoms with Crippen molar-refractivity contribution in [1.82, 2.24) is 15.2 Å². The molecule has 0 saturated carbocycles. The minimum atomic E-state index is -1.05. The van der Waals surface area contributed by atoms with Crippen LogP contribution in [0.2, 0.25) is 5.02 Å². The lowest BCUT2D eigenvalue weighted by Crippen LogP contribution is -2.24. The summed E-state index contributed by atoms with van der Waals surface area (Å²) in [5.41, 5.74) is 10.9. The van der Waals surface area contributed by atoms with Crippen molar-refractivity contribution in [2.75, 3.05) is 4.90 Å². The highest BCUT2D eigenvalue weighted by atomic mass is 35.5. The number of hydrogen-bond donors (Lipinski definition) is 3. The molecule has 0 radical (unpaired) electrons. The predicted octanol–water partition coefficient (Wildman–Crippen LogP) is 5.23. The second-order valence-corrected chi connectivity index (χ2v) is 10.5. The van der Waals surface area contributed by atoms with Crippen LogP contribution in [0, 0.1) is 6.92 Å². The quantitative estimate of drug-likeness (QED) is 0.296. The van der Waals surface area contributed by atoms with E-state index >= 15 is 0 Å². The van der Waals surface area contributed by atoms with Crippen LogP contribution in [0.1, 0.15) is 51.4 Å². The molecular formula is C29H24ClN5O3. The van der Waals surface area contributed by atoms with E-state index in [1.807, 2.05) is 49.4 Å². The highest BCUT2D eigenvalue weighted by molar-refractivity contribution is 6.31. The summed E-state index contributed by atoms with van der Waals surface area (Å²) in [4.78, 5) is 30.5. The first kappa shape index (κ1) is 24.1. The number of nitrogens with two attached hydrogens (primary N) is 1. The van der Waals surface area contributed by atoms with Crippen molar-refractivity contribution in [3.05, 3.63) is 87.6 Å². The van der Waals surface area contributed by atoms with Crippen LogP contribution in [0.15, 0.2) is 54.6 Å². The largest absolute Gasteiger partial charge is 0.386 e.